The third-order valence-electron chi connectivity index (χ3n) is 5.86. The summed E-state index contributed by atoms with van der Waals surface area (Å²) in [6, 6.07) is 5.92. The summed E-state index contributed by atoms with van der Waals surface area (Å²) >= 11 is 0. The second kappa shape index (κ2) is 8.90. The van der Waals surface area contributed by atoms with Gasteiger partial charge in [0, 0.05) is 31.8 Å². The Morgan fingerprint density at radius 3 is 2.81 bits per heavy atom. The van der Waals surface area contributed by atoms with Crippen LogP contribution in [0.3, 0.4) is 0 Å². The van der Waals surface area contributed by atoms with Crippen LogP contribution in [0.15, 0.2) is 18.2 Å². The third-order valence-corrected chi connectivity index (χ3v) is 5.86. The molecule has 9 nitrogen and oxygen atoms in total. The first-order chi connectivity index (χ1) is 15.2. The number of amides is 3. The van der Waals surface area contributed by atoms with Crippen LogP contribution in [-0.2, 0) is 17.7 Å². The maximum absolute atomic E-state index is 12.7. The smallest absolute Gasteiger partial charge is 0.318 e. The van der Waals surface area contributed by atoms with Gasteiger partial charge < -0.3 is 20.3 Å². The summed E-state index contributed by atoms with van der Waals surface area (Å²) in [6.45, 7) is 10.2. The monoisotopic (exact) mass is 440 g/mol. The Hall–Kier alpha value is -2.94. The van der Waals surface area contributed by atoms with Crippen molar-refractivity contribution in [3.63, 3.8) is 0 Å². The lowest BCUT2D eigenvalue weighted by Gasteiger charge is -2.33. The molecule has 1 unspecified atom stereocenters. The first kappa shape index (κ1) is 22.3. The first-order valence-electron chi connectivity index (χ1n) is 11.2. The average molecular weight is 441 g/mol. The van der Waals surface area contributed by atoms with Crippen LogP contribution in [0.5, 0.6) is 0 Å². The van der Waals surface area contributed by atoms with Gasteiger partial charge >= 0.3 is 6.03 Å². The van der Waals surface area contributed by atoms with E-state index >= 15 is 0 Å². The van der Waals surface area contributed by atoms with Crippen molar-refractivity contribution >= 4 is 11.9 Å². The fourth-order valence-corrected chi connectivity index (χ4v) is 4.22. The van der Waals surface area contributed by atoms with Gasteiger partial charge in [-0.25, -0.2) is 9.48 Å². The summed E-state index contributed by atoms with van der Waals surface area (Å²) in [4.78, 5) is 27.1. The van der Waals surface area contributed by atoms with Gasteiger partial charge in [-0.3, -0.25) is 4.79 Å². The van der Waals surface area contributed by atoms with Crippen LogP contribution >= 0.6 is 0 Å². The molecule has 4 rings (SSSR count). The number of carbonyl (C=O) groups excluding carboxylic acids is 2. The van der Waals surface area contributed by atoms with E-state index in [1.54, 1.807) is 4.68 Å². The number of hydrogen-bond acceptors (Lipinski definition) is 5. The lowest BCUT2D eigenvalue weighted by molar-refractivity contribution is 0.0853. The van der Waals surface area contributed by atoms with Crippen LogP contribution in [0.1, 0.15) is 60.9 Å². The fourth-order valence-electron chi connectivity index (χ4n) is 4.22. The van der Waals surface area contributed by atoms with E-state index in [1.807, 2.05) is 50.8 Å². The second-order valence-corrected chi connectivity index (χ2v) is 9.55. The first-order valence-corrected chi connectivity index (χ1v) is 11.2. The van der Waals surface area contributed by atoms with Crippen LogP contribution in [0.2, 0.25) is 0 Å². The molecule has 0 saturated carbocycles. The van der Waals surface area contributed by atoms with Crippen LogP contribution in [0.4, 0.5) is 4.79 Å². The van der Waals surface area contributed by atoms with Gasteiger partial charge in [0.15, 0.2) is 5.69 Å². The Balaban J connectivity index is 1.50. The summed E-state index contributed by atoms with van der Waals surface area (Å²) in [7, 11) is 0. The van der Waals surface area contributed by atoms with Crippen molar-refractivity contribution in [2.45, 2.75) is 65.1 Å². The number of nitrogens with one attached hydrogen (secondary N) is 2. The zero-order valence-corrected chi connectivity index (χ0v) is 19.3. The Kier molecular flexibility index (Phi) is 6.19. The van der Waals surface area contributed by atoms with Gasteiger partial charge in [0.2, 0.25) is 0 Å². The standard InChI is InChI=1S/C23H32N6O3/c1-15-20(21(30)24-13-17-8-6-12-32-17)26-27-29(15)19-9-5-7-16-14-28(11-10-18(16)19)22(31)25-23(2,3)4/h5,7,9,17H,6,8,10-14H2,1-4H3,(H,24,30)(H,25,31). The van der Waals surface area contributed by atoms with Gasteiger partial charge in [0.05, 0.1) is 17.5 Å². The summed E-state index contributed by atoms with van der Waals surface area (Å²) in [5.74, 6) is -0.237. The largest absolute Gasteiger partial charge is 0.376 e. The molecule has 1 aromatic heterocycles. The van der Waals surface area contributed by atoms with Gasteiger partial charge in [-0.05, 0) is 64.2 Å². The Labute approximate surface area is 188 Å². The second-order valence-electron chi connectivity index (χ2n) is 9.55. The molecular formula is C23H32N6O3. The highest BCUT2D eigenvalue weighted by Gasteiger charge is 2.27. The van der Waals surface area contributed by atoms with Crippen LogP contribution in [-0.4, -0.2) is 63.2 Å². The highest BCUT2D eigenvalue weighted by Crippen LogP contribution is 2.26. The van der Waals surface area contributed by atoms with Gasteiger partial charge in [-0.2, -0.15) is 0 Å². The number of nitrogens with zero attached hydrogens (tertiary/aromatic N) is 4. The molecule has 9 heteroatoms. The number of hydrogen-bond donors (Lipinski definition) is 2. The van der Waals surface area contributed by atoms with Crippen molar-refractivity contribution in [2.75, 3.05) is 19.7 Å². The molecular weight excluding hydrogens is 408 g/mol. The molecule has 1 fully saturated rings. The number of benzene rings is 1. The van der Waals surface area contributed by atoms with E-state index in [-0.39, 0.29) is 23.6 Å². The van der Waals surface area contributed by atoms with Crippen molar-refractivity contribution < 1.29 is 14.3 Å². The highest BCUT2D eigenvalue weighted by atomic mass is 16.5. The number of rotatable bonds is 4. The van der Waals surface area contributed by atoms with Crippen molar-refractivity contribution in [2.24, 2.45) is 0 Å². The molecule has 172 valence electrons. The maximum Gasteiger partial charge on any atom is 0.318 e. The molecule has 0 spiro atoms. The molecule has 1 saturated heterocycles. The normalized spacial score (nSPS) is 18.4. The van der Waals surface area contributed by atoms with E-state index in [0.717, 1.165) is 36.3 Å². The summed E-state index contributed by atoms with van der Waals surface area (Å²) < 4.78 is 7.30. The predicted molar refractivity (Wildman–Crippen MR) is 120 cm³/mol. The maximum atomic E-state index is 12.7. The van der Waals surface area contributed by atoms with Crippen molar-refractivity contribution in [3.8, 4) is 5.69 Å². The van der Waals surface area contributed by atoms with Crippen LogP contribution < -0.4 is 10.6 Å². The SMILES string of the molecule is Cc1c(C(=O)NCC2CCCO2)nnn1-c1cccc2c1CCN(C(=O)NC(C)(C)C)C2. The van der Waals surface area contributed by atoms with Gasteiger partial charge in [-0.1, -0.05) is 17.3 Å². The molecule has 32 heavy (non-hydrogen) atoms. The molecule has 3 heterocycles. The molecule has 0 aliphatic carbocycles. The number of carbonyl (C=O) groups is 2. The van der Waals surface area contributed by atoms with Gasteiger partial charge in [-0.15, -0.1) is 5.10 Å². The lowest BCUT2D eigenvalue weighted by Crippen LogP contribution is -2.49. The zero-order chi connectivity index (χ0) is 22.9. The van der Waals surface area contributed by atoms with Crippen LogP contribution in [0.25, 0.3) is 5.69 Å². The van der Waals surface area contributed by atoms with E-state index in [9.17, 15) is 9.59 Å². The number of aromatic nitrogens is 3. The lowest BCUT2D eigenvalue weighted by atomic mass is 9.97. The van der Waals surface area contributed by atoms with Crippen molar-refractivity contribution in [3.05, 3.63) is 40.7 Å². The van der Waals surface area contributed by atoms with Gasteiger partial charge in [0.1, 0.15) is 0 Å². The predicted octanol–water partition coefficient (Wildman–Crippen LogP) is 2.35. The number of ether oxygens (including phenoxy) is 1. The van der Waals surface area contributed by atoms with E-state index in [0.29, 0.717) is 37.4 Å². The highest BCUT2D eigenvalue weighted by molar-refractivity contribution is 5.93. The molecule has 1 atom stereocenters. The molecule has 2 N–H and O–H groups in total. The molecule has 2 aliphatic rings. The molecule has 0 bridgehead atoms. The number of fused-ring (bicyclic) bond motifs is 1. The molecule has 2 aromatic rings. The molecule has 0 radical (unpaired) electrons. The van der Waals surface area contributed by atoms with Crippen molar-refractivity contribution in [1.82, 2.24) is 30.5 Å². The average Bonchev–Trinajstić information content (AvgIpc) is 3.39. The minimum absolute atomic E-state index is 0.0595. The minimum Gasteiger partial charge on any atom is -0.376 e. The Morgan fingerprint density at radius 2 is 2.09 bits per heavy atom. The Bertz CT molecular complexity index is 1000. The summed E-state index contributed by atoms with van der Waals surface area (Å²) in [6.07, 6.45) is 2.79. The Morgan fingerprint density at radius 1 is 1.28 bits per heavy atom. The van der Waals surface area contributed by atoms with E-state index in [1.165, 1.54) is 0 Å². The molecule has 3 amide bonds. The fraction of sp³-hybridized carbons (Fsp3) is 0.565. The zero-order valence-electron chi connectivity index (χ0n) is 19.3. The molecule has 1 aromatic carbocycles. The van der Waals surface area contributed by atoms with E-state index < -0.39 is 0 Å². The van der Waals surface area contributed by atoms with E-state index in [4.69, 9.17) is 4.74 Å². The van der Waals surface area contributed by atoms with Crippen molar-refractivity contribution in [1.29, 1.82) is 0 Å². The quantitative estimate of drug-likeness (QED) is 0.760. The van der Waals surface area contributed by atoms with Crippen LogP contribution in [0, 0.1) is 6.92 Å². The number of urea groups is 1. The summed E-state index contributed by atoms with van der Waals surface area (Å²) in [5, 5.41) is 14.4. The minimum atomic E-state index is -0.280. The van der Waals surface area contributed by atoms with E-state index in [2.05, 4.69) is 20.9 Å². The van der Waals surface area contributed by atoms with Gasteiger partial charge in [0.25, 0.3) is 5.91 Å². The topological polar surface area (TPSA) is 101 Å². The summed E-state index contributed by atoms with van der Waals surface area (Å²) in [5.41, 5.74) is 3.85. The third kappa shape index (κ3) is 4.77. The molecule has 2 aliphatic heterocycles.